The SMILES string of the molecule is CCC(NC(=O)NC1C=CC(C(=O)O)C1)c1nccs1. The fraction of sp³-hybridized carbons (Fsp3) is 0.462. The molecule has 3 unspecified atom stereocenters. The lowest BCUT2D eigenvalue weighted by atomic mass is 10.1. The van der Waals surface area contributed by atoms with Crippen LogP contribution in [-0.2, 0) is 4.79 Å². The van der Waals surface area contributed by atoms with Gasteiger partial charge in [-0.15, -0.1) is 11.3 Å². The summed E-state index contributed by atoms with van der Waals surface area (Å²) in [6.07, 6.45) is 6.20. The predicted molar refractivity (Wildman–Crippen MR) is 75.5 cm³/mol. The minimum absolute atomic E-state index is 0.115. The van der Waals surface area contributed by atoms with Crippen LogP contribution in [0.2, 0.25) is 0 Å². The number of urea groups is 1. The third-order valence-corrected chi connectivity index (χ3v) is 4.07. The molecule has 2 amide bonds. The number of carbonyl (C=O) groups is 2. The Balaban J connectivity index is 1.84. The second-order valence-electron chi connectivity index (χ2n) is 4.62. The lowest BCUT2D eigenvalue weighted by molar-refractivity contribution is -0.140. The lowest BCUT2D eigenvalue weighted by Gasteiger charge is -2.17. The Kier molecular flexibility index (Phi) is 4.73. The van der Waals surface area contributed by atoms with Crippen LogP contribution in [0.5, 0.6) is 0 Å². The van der Waals surface area contributed by atoms with Crippen molar-refractivity contribution in [2.75, 3.05) is 0 Å². The Labute approximate surface area is 120 Å². The summed E-state index contributed by atoms with van der Waals surface area (Å²) >= 11 is 1.50. The van der Waals surface area contributed by atoms with Crippen molar-refractivity contribution in [3.63, 3.8) is 0 Å². The van der Waals surface area contributed by atoms with Gasteiger partial charge in [-0.2, -0.15) is 0 Å². The number of carboxylic acids is 1. The summed E-state index contributed by atoms with van der Waals surface area (Å²) < 4.78 is 0. The van der Waals surface area contributed by atoms with Crippen molar-refractivity contribution in [2.24, 2.45) is 5.92 Å². The molecular formula is C13H17N3O3S. The average Bonchev–Trinajstić information content (AvgIpc) is 3.06. The molecule has 3 atom stereocenters. The Morgan fingerprint density at radius 3 is 2.90 bits per heavy atom. The Morgan fingerprint density at radius 2 is 2.35 bits per heavy atom. The topological polar surface area (TPSA) is 91.3 Å². The Bertz CT molecular complexity index is 501. The summed E-state index contributed by atoms with van der Waals surface area (Å²) in [6, 6.07) is -0.645. The van der Waals surface area contributed by atoms with Crippen molar-refractivity contribution >= 4 is 23.3 Å². The second-order valence-corrected chi connectivity index (χ2v) is 5.55. The third-order valence-electron chi connectivity index (χ3n) is 3.18. The summed E-state index contributed by atoms with van der Waals surface area (Å²) in [5.41, 5.74) is 0. The summed E-state index contributed by atoms with van der Waals surface area (Å²) in [5.74, 6) is -1.37. The molecule has 20 heavy (non-hydrogen) atoms. The van der Waals surface area contributed by atoms with Crippen LogP contribution in [0.25, 0.3) is 0 Å². The quantitative estimate of drug-likeness (QED) is 0.724. The van der Waals surface area contributed by atoms with Crippen molar-refractivity contribution < 1.29 is 14.7 Å². The van der Waals surface area contributed by atoms with E-state index in [0.717, 1.165) is 11.4 Å². The fourth-order valence-corrected chi connectivity index (χ4v) is 2.88. The summed E-state index contributed by atoms with van der Waals surface area (Å²) in [4.78, 5) is 26.9. The van der Waals surface area contributed by atoms with E-state index in [9.17, 15) is 9.59 Å². The normalized spacial score (nSPS) is 22.4. The van der Waals surface area contributed by atoms with E-state index in [1.54, 1.807) is 18.3 Å². The first kappa shape index (κ1) is 14.5. The van der Waals surface area contributed by atoms with Crippen LogP contribution in [0, 0.1) is 5.92 Å². The maximum atomic E-state index is 11.9. The van der Waals surface area contributed by atoms with Crippen molar-refractivity contribution in [1.29, 1.82) is 0 Å². The highest BCUT2D eigenvalue weighted by Gasteiger charge is 2.26. The largest absolute Gasteiger partial charge is 0.481 e. The molecule has 0 bridgehead atoms. The molecule has 3 N–H and O–H groups in total. The Hall–Kier alpha value is -1.89. The molecule has 6 nitrogen and oxygen atoms in total. The zero-order valence-electron chi connectivity index (χ0n) is 11.1. The number of aromatic nitrogens is 1. The minimum Gasteiger partial charge on any atom is -0.481 e. The first-order valence-corrected chi connectivity index (χ1v) is 7.35. The van der Waals surface area contributed by atoms with Crippen molar-refractivity contribution in [2.45, 2.75) is 31.8 Å². The van der Waals surface area contributed by atoms with Gasteiger partial charge in [0.25, 0.3) is 0 Å². The van der Waals surface area contributed by atoms with Gasteiger partial charge in [-0.3, -0.25) is 4.79 Å². The zero-order chi connectivity index (χ0) is 14.5. The molecule has 108 valence electrons. The van der Waals surface area contributed by atoms with Crippen LogP contribution in [0.3, 0.4) is 0 Å². The number of hydrogen-bond donors (Lipinski definition) is 3. The van der Waals surface area contributed by atoms with Crippen LogP contribution < -0.4 is 10.6 Å². The summed E-state index contributed by atoms with van der Waals surface area (Å²) in [6.45, 7) is 1.97. The van der Waals surface area contributed by atoms with Crippen LogP contribution in [0.1, 0.15) is 30.8 Å². The molecule has 1 aromatic rings. The highest BCUT2D eigenvalue weighted by molar-refractivity contribution is 7.09. The van der Waals surface area contributed by atoms with Crippen molar-refractivity contribution in [3.8, 4) is 0 Å². The van der Waals surface area contributed by atoms with Gasteiger partial charge >= 0.3 is 12.0 Å². The number of nitrogens with zero attached hydrogens (tertiary/aromatic N) is 1. The van der Waals surface area contributed by atoms with Gasteiger partial charge in [-0.25, -0.2) is 9.78 Å². The molecule has 0 aromatic carbocycles. The van der Waals surface area contributed by atoms with Crippen LogP contribution >= 0.6 is 11.3 Å². The van der Waals surface area contributed by atoms with E-state index in [0.29, 0.717) is 6.42 Å². The van der Waals surface area contributed by atoms with Gasteiger partial charge in [-0.1, -0.05) is 19.1 Å². The van der Waals surface area contributed by atoms with Gasteiger partial charge in [0, 0.05) is 11.6 Å². The van der Waals surface area contributed by atoms with E-state index in [-0.39, 0.29) is 18.1 Å². The van der Waals surface area contributed by atoms with Crippen LogP contribution in [0.15, 0.2) is 23.7 Å². The van der Waals surface area contributed by atoms with Crippen molar-refractivity contribution in [1.82, 2.24) is 15.6 Å². The first-order chi connectivity index (χ1) is 9.60. The number of carbonyl (C=O) groups excluding carboxylic acids is 1. The lowest BCUT2D eigenvalue weighted by Crippen LogP contribution is -2.42. The average molecular weight is 295 g/mol. The van der Waals surface area contributed by atoms with E-state index < -0.39 is 11.9 Å². The second kappa shape index (κ2) is 6.51. The highest BCUT2D eigenvalue weighted by atomic mass is 32.1. The number of nitrogens with one attached hydrogen (secondary N) is 2. The highest BCUT2D eigenvalue weighted by Crippen LogP contribution is 2.20. The minimum atomic E-state index is -0.861. The molecule has 1 aromatic heterocycles. The van der Waals surface area contributed by atoms with Crippen LogP contribution in [0.4, 0.5) is 4.79 Å². The van der Waals surface area contributed by atoms with Gasteiger partial charge in [0.05, 0.1) is 18.0 Å². The van der Waals surface area contributed by atoms with E-state index >= 15 is 0 Å². The first-order valence-electron chi connectivity index (χ1n) is 6.47. The van der Waals surface area contributed by atoms with Crippen molar-refractivity contribution in [3.05, 3.63) is 28.7 Å². The number of amides is 2. The van der Waals surface area contributed by atoms with Gasteiger partial charge in [-0.05, 0) is 12.8 Å². The molecule has 0 radical (unpaired) electrons. The maximum Gasteiger partial charge on any atom is 0.315 e. The molecule has 1 aliphatic rings. The number of carboxylic acid groups (broad SMARTS) is 1. The summed E-state index contributed by atoms with van der Waals surface area (Å²) in [5, 5.41) is 17.2. The molecule has 0 saturated carbocycles. The van der Waals surface area contributed by atoms with E-state index in [4.69, 9.17) is 5.11 Å². The molecular weight excluding hydrogens is 278 g/mol. The van der Waals surface area contributed by atoms with Gasteiger partial charge in [0.2, 0.25) is 0 Å². The molecule has 0 fully saturated rings. The molecule has 2 rings (SSSR count). The fourth-order valence-electron chi connectivity index (χ4n) is 2.10. The number of thiazole rings is 1. The monoisotopic (exact) mass is 295 g/mol. The van der Waals surface area contributed by atoms with E-state index in [1.807, 2.05) is 12.3 Å². The van der Waals surface area contributed by atoms with E-state index in [1.165, 1.54) is 11.3 Å². The number of hydrogen-bond acceptors (Lipinski definition) is 4. The predicted octanol–water partition coefficient (Wildman–Crippen LogP) is 1.92. The molecule has 1 heterocycles. The van der Waals surface area contributed by atoms with Gasteiger partial charge in [0.15, 0.2) is 0 Å². The molecule has 7 heteroatoms. The van der Waals surface area contributed by atoms with Crippen LogP contribution in [-0.4, -0.2) is 28.1 Å². The number of rotatable bonds is 5. The zero-order valence-corrected chi connectivity index (χ0v) is 11.9. The smallest absolute Gasteiger partial charge is 0.315 e. The van der Waals surface area contributed by atoms with Gasteiger partial charge < -0.3 is 15.7 Å². The standard InChI is InChI=1S/C13H17N3O3S/c1-2-10(11-14-5-6-20-11)16-13(19)15-9-4-3-8(7-9)12(17)18/h3-6,8-10H,2,7H2,1H3,(H,17,18)(H2,15,16,19). The molecule has 0 spiro atoms. The maximum absolute atomic E-state index is 11.9. The molecule has 1 aliphatic carbocycles. The molecule has 0 aliphatic heterocycles. The van der Waals surface area contributed by atoms with Gasteiger partial charge in [0.1, 0.15) is 5.01 Å². The number of aliphatic carboxylic acids is 1. The summed E-state index contributed by atoms with van der Waals surface area (Å²) in [7, 11) is 0. The third kappa shape index (κ3) is 3.57. The Morgan fingerprint density at radius 1 is 1.55 bits per heavy atom. The van der Waals surface area contributed by atoms with E-state index in [2.05, 4.69) is 15.6 Å². The molecule has 0 saturated heterocycles.